The highest BCUT2D eigenvalue weighted by Crippen LogP contribution is 2.60. The van der Waals surface area contributed by atoms with Crippen molar-refractivity contribution in [1.82, 2.24) is 9.55 Å². The molecular formula is C20H21N3O3. The molecule has 0 radical (unpaired) electrons. The Balaban J connectivity index is 1.56. The van der Waals surface area contributed by atoms with Crippen LogP contribution in [0.4, 0.5) is 5.69 Å². The number of carbonyl (C=O) groups excluding carboxylic acids is 1. The van der Waals surface area contributed by atoms with Gasteiger partial charge in [-0.3, -0.25) is 19.5 Å². The Hall–Kier alpha value is -2.50. The second kappa shape index (κ2) is 5.50. The number of ketones is 1. The third-order valence-electron chi connectivity index (χ3n) is 6.70. The van der Waals surface area contributed by atoms with Gasteiger partial charge in [-0.25, -0.2) is 4.98 Å². The van der Waals surface area contributed by atoms with Crippen LogP contribution >= 0.6 is 0 Å². The van der Waals surface area contributed by atoms with Gasteiger partial charge in [-0.15, -0.1) is 0 Å². The highest BCUT2D eigenvalue weighted by molar-refractivity contribution is 5.98. The summed E-state index contributed by atoms with van der Waals surface area (Å²) in [5.41, 5.74) is 0.0923. The van der Waals surface area contributed by atoms with Crippen LogP contribution in [0.5, 0.6) is 0 Å². The van der Waals surface area contributed by atoms with Gasteiger partial charge < -0.3 is 0 Å². The zero-order chi connectivity index (χ0) is 17.9. The Labute approximate surface area is 151 Å². The maximum absolute atomic E-state index is 13.6. The lowest BCUT2D eigenvalue weighted by Gasteiger charge is -2.55. The lowest BCUT2D eigenvalue weighted by molar-refractivity contribution is -0.384. The van der Waals surface area contributed by atoms with Gasteiger partial charge in [0.25, 0.3) is 5.69 Å². The van der Waals surface area contributed by atoms with Crippen molar-refractivity contribution >= 4 is 11.5 Å². The first-order valence-corrected chi connectivity index (χ1v) is 9.38. The second-order valence-electron chi connectivity index (χ2n) is 8.39. The third-order valence-corrected chi connectivity index (χ3v) is 6.70. The number of benzene rings is 1. The van der Waals surface area contributed by atoms with Crippen molar-refractivity contribution in [2.45, 2.75) is 38.5 Å². The summed E-state index contributed by atoms with van der Waals surface area (Å²) in [5, 5.41) is 11.4. The summed E-state index contributed by atoms with van der Waals surface area (Å²) < 4.78 is 1.61. The van der Waals surface area contributed by atoms with Crippen molar-refractivity contribution in [1.29, 1.82) is 0 Å². The molecule has 0 spiro atoms. The van der Waals surface area contributed by atoms with Gasteiger partial charge in [-0.05, 0) is 62.3 Å². The van der Waals surface area contributed by atoms with Crippen LogP contribution in [0.1, 0.15) is 49.1 Å². The van der Waals surface area contributed by atoms with E-state index in [-0.39, 0.29) is 16.9 Å². The lowest BCUT2D eigenvalue weighted by atomic mass is 9.48. The number of nitro groups is 1. The van der Waals surface area contributed by atoms with E-state index in [0.717, 1.165) is 19.3 Å². The van der Waals surface area contributed by atoms with E-state index in [2.05, 4.69) is 4.98 Å². The molecular weight excluding hydrogens is 330 g/mol. The molecule has 4 aliphatic rings. The summed E-state index contributed by atoms with van der Waals surface area (Å²) in [5.74, 6) is 2.43. The van der Waals surface area contributed by atoms with Gasteiger partial charge in [0.15, 0.2) is 5.82 Å². The maximum atomic E-state index is 13.6. The molecule has 0 amide bonds. The van der Waals surface area contributed by atoms with Gasteiger partial charge in [0.1, 0.15) is 5.69 Å². The van der Waals surface area contributed by atoms with Crippen molar-refractivity contribution in [3.8, 4) is 5.69 Å². The molecule has 1 aromatic carbocycles. The number of para-hydroxylation sites is 2. The van der Waals surface area contributed by atoms with E-state index >= 15 is 0 Å². The van der Waals surface area contributed by atoms with E-state index in [1.807, 2.05) is 0 Å². The average Bonchev–Trinajstić information content (AvgIpc) is 3.09. The number of carbonyl (C=O) groups is 1. The Morgan fingerprint density at radius 1 is 1.12 bits per heavy atom. The minimum absolute atomic E-state index is 0.00920. The number of hydrogen-bond donors (Lipinski definition) is 0. The summed E-state index contributed by atoms with van der Waals surface area (Å²) >= 11 is 0. The first-order chi connectivity index (χ1) is 12.6. The van der Waals surface area contributed by atoms with Crippen molar-refractivity contribution in [3.05, 3.63) is 52.6 Å². The van der Waals surface area contributed by atoms with E-state index in [0.29, 0.717) is 29.3 Å². The Kier molecular flexibility index (Phi) is 3.33. The molecule has 4 fully saturated rings. The molecule has 0 atom stereocenters. The van der Waals surface area contributed by atoms with E-state index in [9.17, 15) is 14.9 Å². The van der Waals surface area contributed by atoms with E-state index in [4.69, 9.17) is 0 Å². The fourth-order valence-electron chi connectivity index (χ4n) is 6.11. The molecule has 6 heteroatoms. The largest absolute Gasteiger partial charge is 0.293 e. The van der Waals surface area contributed by atoms with Crippen LogP contribution in [0.3, 0.4) is 0 Å². The van der Waals surface area contributed by atoms with Gasteiger partial charge >= 0.3 is 0 Å². The summed E-state index contributed by atoms with van der Waals surface area (Å²) in [6.45, 7) is 0. The molecule has 6 rings (SSSR count). The molecule has 2 aromatic rings. The Morgan fingerprint density at radius 2 is 1.73 bits per heavy atom. The van der Waals surface area contributed by atoms with Crippen molar-refractivity contribution < 1.29 is 9.72 Å². The predicted molar refractivity (Wildman–Crippen MR) is 95.2 cm³/mol. The van der Waals surface area contributed by atoms with Crippen LogP contribution in [-0.4, -0.2) is 20.3 Å². The number of hydrogen-bond acceptors (Lipinski definition) is 4. The smallest absolute Gasteiger partial charge is 0.291 e. The summed E-state index contributed by atoms with van der Waals surface area (Å²) in [6.07, 6.45) is 9.92. The van der Waals surface area contributed by atoms with Gasteiger partial charge in [-0.2, -0.15) is 0 Å². The maximum Gasteiger partial charge on any atom is 0.293 e. The minimum atomic E-state index is -0.408. The third kappa shape index (κ3) is 2.24. The molecule has 0 saturated heterocycles. The summed E-state index contributed by atoms with van der Waals surface area (Å²) in [4.78, 5) is 28.9. The first kappa shape index (κ1) is 15.7. The molecule has 4 aliphatic carbocycles. The van der Waals surface area contributed by atoms with Crippen LogP contribution in [0.15, 0.2) is 36.7 Å². The fourth-order valence-corrected chi connectivity index (χ4v) is 6.11. The molecule has 4 bridgehead atoms. The molecule has 6 nitrogen and oxygen atoms in total. The molecule has 4 saturated carbocycles. The second-order valence-corrected chi connectivity index (χ2v) is 8.39. The minimum Gasteiger partial charge on any atom is -0.291 e. The van der Waals surface area contributed by atoms with Crippen LogP contribution in [0, 0.1) is 33.3 Å². The molecule has 0 unspecified atom stereocenters. The molecule has 0 aliphatic heterocycles. The topological polar surface area (TPSA) is 78.0 Å². The average molecular weight is 351 g/mol. The van der Waals surface area contributed by atoms with Gasteiger partial charge in [0.05, 0.1) is 4.92 Å². The van der Waals surface area contributed by atoms with Gasteiger partial charge in [0, 0.05) is 23.9 Å². The van der Waals surface area contributed by atoms with Crippen molar-refractivity contribution in [3.63, 3.8) is 0 Å². The predicted octanol–water partition coefficient (Wildman–Crippen LogP) is 4.18. The molecule has 26 heavy (non-hydrogen) atoms. The number of imidazole rings is 1. The normalized spacial score (nSPS) is 31.9. The van der Waals surface area contributed by atoms with Gasteiger partial charge in [0.2, 0.25) is 5.78 Å². The Morgan fingerprint density at radius 3 is 2.35 bits per heavy atom. The van der Waals surface area contributed by atoms with Crippen LogP contribution in [0.2, 0.25) is 0 Å². The number of aromatic nitrogens is 2. The fraction of sp³-hybridized carbons (Fsp3) is 0.500. The van der Waals surface area contributed by atoms with Crippen LogP contribution < -0.4 is 0 Å². The SMILES string of the molecule is O=C(c1nccn1-c1ccccc1[N+](=O)[O-])C12CC3CC(CC(C3)C1)C2. The van der Waals surface area contributed by atoms with E-state index < -0.39 is 4.92 Å². The number of rotatable bonds is 4. The highest BCUT2D eigenvalue weighted by Gasteiger charge is 2.55. The molecule has 0 N–H and O–H groups in total. The number of nitrogens with zero attached hydrogens (tertiary/aromatic N) is 3. The zero-order valence-corrected chi connectivity index (χ0v) is 14.5. The van der Waals surface area contributed by atoms with E-state index in [1.54, 1.807) is 35.2 Å². The molecule has 134 valence electrons. The van der Waals surface area contributed by atoms with Crippen LogP contribution in [-0.2, 0) is 0 Å². The Bertz CT molecular complexity index is 866. The van der Waals surface area contributed by atoms with E-state index in [1.165, 1.54) is 25.3 Å². The summed E-state index contributed by atoms with van der Waals surface area (Å²) in [6, 6.07) is 6.53. The monoisotopic (exact) mass is 351 g/mol. The lowest BCUT2D eigenvalue weighted by Crippen LogP contribution is -2.50. The first-order valence-electron chi connectivity index (χ1n) is 9.38. The van der Waals surface area contributed by atoms with Crippen LogP contribution in [0.25, 0.3) is 5.69 Å². The number of nitro benzene ring substituents is 1. The molecule has 1 aromatic heterocycles. The molecule has 1 heterocycles. The highest BCUT2D eigenvalue weighted by atomic mass is 16.6. The summed E-state index contributed by atoms with van der Waals surface area (Å²) in [7, 11) is 0. The van der Waals surface area contributed by atoms with Gasteiger partial charge in [-0.1, -0.05) is 12.1 Å². The number of Topliss-reactive ketones (excluding diaryl/α,β-unsaturated/α-hetero) is 1. The zero-order valence-electron chi connectivity index (χ0n) is 14.5. The van der Waals surface area contributed by atoms with Crippen molar-refractivity contribution in [2.24, 2.45) is 23.2 Å². The standard InChI is InChI=1S/C20H21N3O3/c24-18(20-10-13-7-14(11-20)9-15(8-13)12-20)19-21-5-6-22(19)16-3-1-2-4-17(16)23(25)26/h1-6,13-15H,7-12H2. The van der Waals surface area contributed by atoms with Crippen molar-refractivity contribution in [2.75, 3.05) is 0 Å². The quantitative estimate of drug-likeness (QED) is 0.470.